The van der Waals surface area contributed by atoms with Crippen molar-refractivity contribution in [3.05, 3.63) is 23.8 Å². The molecule has 1 aromatic rings. The van der Waals surface area contributed by atoms with Crippen LogP contribution in [0.3, 0.4) is 0 Å². The summed E-state index contributed by atoms with van der Waals surface area (Å²) in [7, 11) is 5.00. The summed E-state index contributed by atoms with van der Waals surface area (Å²) in [5.41, 5.74) is 6.37. The van der Waals surface area contributed by atoms with Crippen LogP contribution < -0.4 is 15.2 Å². The first kappa shape index (κ1) is 15.6. The summed E-state index contributed by atoms with van der Waals surface area (Å²) in [6.07, 6.45) is 3.24. The number of carbonyl (C=O) groups excluding carboxylic acids is 1. The van der Waals surface area contributed by atoms with Crippen LogP contribution in [0.5, 0.6) is 11.5 Å². The molecule has 1 fully saturated rings. The van der Waals surface area contributed by atoms with Crippen molar-refractivity contribution in [3.63, 3.8) is 0 Å². The summed E-state index contributed by atoms with van der Waals surface area (Å²) in [5, 5.41) is 0. The Balaban J connectivity index is 2.23. The lowest BCUT2D eigenvalue weighted by Crippen LogP contribution is -2.41. The highest BCUT2D eigenvalue weighted by Gasteiger charge is 2.32. The Morgan fingerprint density at radius 2 is 2.10 bits per heavy atom. The second kappa shape index (κ2) is 6.80. The molecule has 116 valence electrons. The molecule has 5 heteroatoms. The van der Waals surface area contributed by atoms with Gasteiger partial charge in [0.1, 0.15) is 11.5 Å². The fourth-order valence-corrected chi connectivity index (χ4v) is 3.12. The number of amides is 1. The number of rotatable bonds is 5. The summed E-state index contributed by atoms with van der Waals surface area (Å²) in [6.45, 7) is 0.627. The van der Waals surface area contributed by atoms with Crippen molar-refractivity contribution in [2.45, 2.75) is 25.3 Å². The van der Waals surface area contributed by atoms with E-state index in [9.17, 15) is 4.79 Å². The molecule has 21 heavy (non-hydrogen) atoms. The van der Waals surface area contributed by atoms with Crippen molar-refractivity contribution < 1.29 is 14.3 Å². The van der Waals surface area contributed by atoms with Gasteiger partial charge < -0.3 is 20.1 Å². The minimum Gasteiger partial charge on any atom is -0.497 e. The van der Waals surface area contributed by atoms with Gasteiger partial charge in [0.05, 0.1) is 19.8 Å². The maximum Gasteiger partial charge on any atom is 0.257 e. The summed E-state index contributed by atoms with van der Waals surface area (Å²) >= 11 is 0. The molecule has 0 bridgehead atoms. The van der Waals surface area contributed by atoms with E-state index >= 15 is 0 Å². The van der Waals surface area contributed by atoms with Crippen LogP contribution in [0.1, 0.15) is 29.6 Å². The molecular formula is C16H24N2O3. The Labute approximate surface area is 126 Å². The van der Waals surface area contributed by atoms with Crippen molar-refractivity contribution >= 4 is 5.91 Å². The average molecular weight is 292 g/mol. The number of hydrogen-bond donors (Lipinski definition) is 1. The third kappa shape index (κ3) is 3.13. The number of carbonyl (C=O) groups is 1. The lowest BCUT2D eigenvalue weighted by atomic mass is 10.0. The molecule has 0 heterocycles. The highest BCUT2D eigenvalue weighted by molar-refractivity contribution is 5.97. The standard InChI is InChI=1S/C16H24N2O3/c1-18(14-6-4-5-11(14)10-17)16(19)13-8-7-12(20-2)9-15(13)21-3/h7-9,11,14H,4-6,10,17H2,1-3H3. The van der Waals surface area contributed by atoms with E-state index in [2.05, 4.69) is 0 Å². The number of benzene rings is 1. The minimum absolute atomic E-state index is 0.0279. The molecule has 2 N–H and O–H groups in total. The van der Waals surface area contributed by atoms with Gasteiger partial charge in [0.25, 0.3) is 5.91 Å². The smallest absolute Gasteiger partial charge is 0.257 e. The molecule has 0 saturated heterocycles. The van der Waals surface area contributed by atoms with E-state index in [0.29, 0.717) is 29.5 Å². The number of nitrogens with two attached hydrogens (primary N) is 1. The number of methoxy groups -OCH3 is 2. The van der Waals surface area contributed by atoms with Crippen molar-refractivity contribution in [1.29, 1.82) is 0 Å². The van der Waals surface area contributed by atoms with Crippen LogP contribution in [0, 0.1) is 5.92 Å². The quantitative estimate of drug-likeness (QED) is 0.900. The van der Waals surface area contributed by atoms with Gasteiger partial charge in [-0.3, -0.25) is 4.79 Å². The van der Waals surface area contributed by atoms with Gasteiger partial charge in [-0.05, 0) is 37.4 Å². The Bertz CT molecular complexity index is 504. The van der Waals surface area contributed by atoms with Gasteiger partial charge in [-0.15, -0.1) is 0 Å². The Morgan fingerprint density at radius 1 is 1.33 bits per heavy atom. The normalized spacial score (nSPS) is 21.1. The maximum atomic E-state index is 12.7. The molecule has 2 atom stereocenters. The molecule has 0 aromatic heterocycles. The van der Waals surface area contributed by atoms with Crippen LogP contribution in [0.15, 0.2) is 18.2 Å². The van der Waals surface area contributed by atoms with E-state index in [-0.39, 0.29) is 11.9 Å². The zero-order valence-electron chi connectivity index (χ0n) is 13.0. The first-order valence-electron chi connectivity index (χ1n) is 7.31. The summed E-state index contributed by atoms with van der Waals surface area (Å²) in [5.74, 6) is 1.57. The zero-order valence-corrected chi connectivity index (χ0v) is 13.0. The lowest BCUT2D eigenvalue weighted by molar-refractivity contribution is 0.0696. The number of hydrogen-bond acceptors (Lipinski definition) is 4. The summed E-state index contributed by atoms with van der Waals surface area (Å²) in [4.78, 5) is 14.6. The van der Waals surface area contributed by atoms with Crippen molar-refractivity contribution in [2.75, 3.05) is 27.8 Å². The monoisotopic (exact) mass is 292 g/mol. The van der Waals surface area contributed by atoms with Gasteiger partial charge in [-0.1, -0.05) is 6.42 Å². The second-order valence-corrected chi connectivity index (χ2v) is 5.48. The largest absolute Gasteiger partial charge is 0.497 e. The molecule has 5 nitrogen and oxygen atoms in total. The SMILES string of the molecule is COc1ccc(C(=O)N(C)C2CCCC2CN)c(OC)c1. The molecule has 1 aliphatic carbocycles. The highest BCUT2D eigenvalue weighted by atomic mass is 16.5. The van der Waals surface area contributed by atoms with Crippen molar-refractivity contribution in [1.82, 2.24) is 4.90 Å². The van der Waals surface area contributed by atoms with Crippen molar-refractivity contribution in [2.24, 2.45) is 11.7 Å². The molecule has 0 spiro atoms. The predicted octanol–water partition coefficient (Wildman–Crippen LogP) is 1.90. The molecule has 0 aliphatic heterocycles. The van der Waals surface area contributed by atoms with E-state index in [1.54, 1.807) is 32.4 Å². The Morgan fingerprint density at radius 3 is 2.71 bits per heavy atom. The molecule has 1 saturated carbocycles. The fraction of sp³-hybridized carbons (Fsp3) is 0.562. The van der Waals surface area contributed by atoms with E-state index in [1.165, 1.54) is 0 Å². The molecule has 0 radical (unpaired) electrons. The van der Waals surface area contributed by atoms with Crippen molar-refractivity contribution in [3.8, 4) is 11.5 Å². The Kier molecular flexibility index (Phi) is 5.07. The van der Waals surface area contributed by atoms with Gasteiger partial charge in [0.2, 0.25) is 0 Å². The second-order valence-electron chi connectivity index (χ2n) is 5.48. The fourth-order valence-electron chi connectivity index (χ4n) is 3.12. The molecule has 1 aromatic carbocycles. The van der Waals surface area contributed by atoms with E-state index < -0.39 is 0 Å². The lowest BCUT2D eigenvalue weighted by Gasteiger charge is -2.29. The van der Waals surface area contributed by atoms with Gasteiger partial charge in [0.15, 0.2) is 0 Å². The van der Waals surface area contributed by atoms with Crippen LogP contribution >= 0.6 is 0 Å². The molecule has 1 aliphatic rings. The predicted molar refractivity (Wildman–Crippen MR) is 81.8 cm³/mol. The van der Waals surface area contributed by atoms with Crippen LogP contribution in [-0.4, -0.2) is 44.7 Å². The maximum absolute atomic E-state index is 12.7. The average Bonchev–Trinajstić information content (AvgIpc) is 3.01. The van der Waals surface area contributed by atoms with Gasteiger partial charge in [-0.25, -0.2) is 0 Å². The first-order valence-corrected chi connectivity index (χ1v) is 7.31. The van der Waals surface area contributed by atoms with Gasteiger partial charge >= 0.3 is 0 Å². The molecule has 1 amide bonds. The van der Waals surface area contributed by atoms with Crippen LogP contribution in [0.4, 0.5) is 0 Å². The van der Waals surface area contributed by atoms with Gasteiger partial charge in [0, 0.05) is 19.2 Å². The minimum atomic E-state index is -0.0279. The summed E-state index contributed by atoms with van der Waals surface area (Å²) < 4.78 is 10.5. The van der Waals surface area contributed by atoms with Crippen LogP contribution in [-0.2, 0) is 0 Å². The van der Waals surface area contributed by atoms with E-state index in [0.717, 1.165) is 19.3 Å². The molecule has 2 unspecified atom stereocenters. The highest BCUT2D eigenvalue weighted by Crippen LogP contribution is 2.31. The number of ether oxygens (including phenoxy) is 2. The molecular weight excluding hydrogens is 268 g/mol. The topological polar surface area (TPSA) is 64.8 Å². The van der Waals surface area contributed by atoms with Crippen LogP contribution in [0.25, 0.3) is 0 Å². The third-order valence-corrected chi connectivity index (χ3v) is 4.38. The first-order chi connectivity index (χ1) is 10.1. The van der Waals surface area contributed by atoms with Crippen LogP contribution in [0.2, 0.25) is 0 Å². The number of nitrogens with zero attached hydrogens (tertiary/aromatic N) is 1. The van der Waals surface area contributed by atoms with E-state index in [4.69, 9.17) is 15.2 Å². The zero-order chi connectivity index (χ0) is 15.4. The summed E-state index contributed by atoms with van der Waals surface area (Å²) in [6, 6.07) is 5.48. The third-order valence-electron chi connectivity index (χ3n) is 4.38. The molecule has 2 rings (SSSR count). The van der Waals surface area contributed by atoms with E-state index in [1.807, 2.05) is 11.9 Å². The van der Waals surface area contributed by atoms with Gasteiger partial charge in [-0.2, -0.15) is 0 Å². The Hall–Kier alpha value is -1.75.